The van der Waals surface area contributed by atoms with Gasteiger partial charge in [0.2, 0.25) is 5.91 Å². The SMILES string of the molecule is O=C(CC1CCS(=O)(=O)C1)Nc1ccc(C#CCO)cc1. The Hall–Kier alpha value is -1.84. The van der Waals surface area contributed by atoms with Crippen molar-refractivity contribution in [2.75, 3.05) is 23.4 Å². The summed E-state index contributed by atoms with van der Waals surface area (Å²) in [6, 6.07) is 6.95. The highest BCUT2D eigenvalue weighted by Crippen LogP contribution is 2.22. The first-order valence-corrected chi connectivity index (χ1v) is 8.51. The fourth-order valence-electron chi connectivity index (χ4n) is 2.29. The summed E-state index contributed by atoms with van der Waals surface area (Å²) in [7, 11) is -2.94. The van der Waals surface area contributed by atoms with E-state index in [1.165, 1.54) is 0 Å². The van der Waals surface area contributed by atoms with Gasteiger partial charge in [0.1, 0.15) is 6.61 Å². The fraction of sp³-hybridized carbons (Fsp3) is 0.400. The van der Waals surface area contributed by atoms with E-state index in [0.29, 0.717) is 12.1 Å². The fourth-order valence-corrected chi connectivity index (χ4v) is 4.15. The number of rotatable bonds is 3. The number of sulfone groups is 1. The van der Waals surface area contributed by atoms with E-state index in [1.807, 2.05) is 0 Å². The molecule has 2 rings (SSSR count). The minimum absolute atomic E-state index is 0.0790. The lowest BCUT2D eigenvalue weighted by Crippen LogP contribution is -2.17. The van der Waals surface area contributed by atoms with Gasteiger partial charge in [0.25, 0.3) is 0 Å². The van der Waals surface area contributed by atoms with Crippen LogP contribution in [0, 0.1) is 17.8 Å². The number of amides is 1. The van der Waals surface area contributed by atoms with Crippen LogP contribution in [-0.2, 0) is 14.6 Å². The predicted molar refractivity (Wildman–Crippen MR) is 80.4 cm³/mol. The van der Waals surface area contributed by atoms with Crippen LogP contribution in [0.5, 0.6) is 0 Å². The van der Waals surface area contributed by atoms with E-state index >= 15 is 0 Å². The van der Waals surface area contributed by atoms with E-state index in [1.54, 1.807) is 24.3 Å². The van der Waals surface area contributed by atoms with Crippen LogP contribution in [0.4, 0.5) is 5.69 Å². The van der Waals surface area contributed by atoms with Crippen LogP contribution in [0.3, 0.4) is 0 Å². The molecule has 0 spiro atoms. The number of hydrogen-bond donors (Lipinski definition) is 2. The van der Waals surface area contributed by atoms with Crippen LogP contribution in [0.1, 0.15) is 18.4 Å². The van der Waals surface area contributed by atoms with Gasteiger partial charge in [-0.2, -0.15) is 0 Å². The number of anilines is 1. The molecule has 1 saturated heterocycles. The number of aliphatic hydroxyl groups excluding tert-OH is 1. The van der Waals surface area contributed by atoms with Crippen LogP contribution < -0.4 is 5.32 Å². The number of hydrogen-bond acceptors (Lipinski definition) is 4. The van der Waals surface area contributed by atoms with E-state index < -0.39 is 9.84 Å². The largest absolute Gasteiger partial charge is 0.384 e. The van der Waals surface area contributed by atoms with Crippen molar-refractivity contribution in [3.8, 4) is 11.8 Å². The molecule has 1 amide bonds. The zero-order valence-electron chi connectivity index (χ0n) is 11.5. The maximum absolute atomic E-state index is 11.9. The highest BCUT2D eigenvalue weighted by molar-refractivity contribution is 7.91. The van der Waals surface area contributed by atoms with Crippen molar-refractivity contribution in [3.05, 3.63) is 29.8 Å². The van der Waals surface area contributed by atoms with Crippen molar-refractivity contribution in [1.29, 1.82) is 0 Å². The second-order valence-corrected chi connectivity index (χ2v) is 7.29. The molecule has 1 aromatic rings. The second kappa shape index (κ2) is 6.74. The first kappa shape index (κ1) is 15.5. The molecule has 5 nitrogen and oxygen atoms in total. The number of benzene rings is 1. The van der Waals surface area contributed by atoms with Gasteiger partial charge in [-0.1, -0.05) is 11.8 Å². The maximum Gasteiger partial charge on any atom is 0.224 e. The van der Waals surface area contributed by atoms with Gasteiger partial charge in [-0.3, -0.25) is 4.79 Å². The van der Waals surface area contributed by atoms with Gasteiger partial charge >= 0.3 is 0 Å². The molecule has 0 bridgehead atoms. The Bertz CT molecular complexity index is 668. The zero-order valence-corrected chi connectivity index (χ0v) is 12.3. The van der Waals surface area contributed by atoms with E-state index in [0.717, 1.165) is 5.56 Å². The lowest BCUT2D eigenvalue weighted by molar-refractivity contribution is -0.116. The Morgan fingerprint density at radius 2 is 2.05 bits per heavy atom. The van der Waals surface area contributed by atoms with Crippen molar-refractivity contribution < 1.29 is 18.3 Å². The normalized spacial score (nSPS) is 19.6. The molecule has 1 fully saturated rings. The third-order valence-corrected chi connectivity index (χ3v) is 5.12. The van der Waals surface area contributed by atoms with Gasteiger partial charge in [0, 0.05) is 17.7 Å². The quantitative estimate of drug-likeness (QED) is 0.809. The summed E-state index contributed by atoms with van der Waals surface area (Å²) >= 11 is 0. The summed E-state index contributed by atoms with van der Waals surface area (Å²) in [4.78, 5) is 11.9. The molecule has 0 saturated carbocycles. The van der Waals surface area contributed by atoms with Gasteiger partial charge < -0.3 is 10.4 Å². The van der Waals surface area contributed by atoms with Crippen molar-refractivity contribution >= 4 is 21.4 Å². The average Bonchev–Trinajstić information content (AvgIpc) is 2.77. The summed E-state index contributed by atoms with van der Waals surface area (Å²) in [6.07, 6.45) is 0.788. The number of aliphatic hydroxyl groups is 1. The van der Waals surface area contributed by atoms with E-state index in [2.05, 4.69) is 17.2 Å². The Morgan fingerprint density at radius 1 is 1.33 bits per heavy atom. The minimum Gasteiger partial charge on any atom is -0.384 e. The number of carbonyl (C=O) groups excluding carboxylic acids is 1. The van der Waals surface area contributed by atoms with Crippen LogP contribution in [-0.4, -0.2) is 37.5 Å². The summed E-state index contributed by atoms with van der Waals surface area (Å²) in [5, 5.41) is 11.3. The number of nitrogens with one attached hydrogen (secondary N) is 1. The van der Waals surface area contributed by atoms with Crippen LogP contribution >= 0.6 is 0 Å². The molecule has 1 heterocycles. The van der Waals surface area contributed by atoms with Gasteiger partial charge in [0.15, 0.2) is 9.84 Å². The molecule has 1 aromatic carbocycles. The van der Waals surface area contributed by atoms with Crippen LogP contribution in [0.2, 0.25) is 0 Å². The van der Waals surface area contributed by atoms with E-state index in [9.17, 15) is 13.2 Å². The van der Waals surface area contributed by atoms with Crippen molar-refractivity contribution in [2.24, 2.45) is 5.92 Å². The van der Waals surface area contributed by atoms with Gasteiger partial charge in [0.05, 0.1) is 11.5 Å². The molecule has 112 valence electrons. The van der Waals surface area contributed by atoms with E-state index in [4.69, 9.17) is 5.11 Å². The molecule has 6 heteroatoms. The molecule has 1 aliphatic heterocycles. The van der Waals surface area contributed by atoms with Crippen LogP contribution in [0.15, 0.2) is 24.3 Å². The van der Waals surface area contributed by atoms with Gasteiger partial charge in [-0.25, -0.2) is 8.42 Å². The Balaban J connectivity index is 1.88. The molecular weight excluding hydrogens is 290 g/mol. The highest BCUT2D eigenvalue weighted by Gasteiger charge is 2.29. The Labute approximate surface area is 124 Å². The minimum atomic E-state index is -2.94. The Kier molecular flexibility index (Phi) is 4.99. The monoisotopic (exact) mass is 307 g/mol. The maximum atomic E-state index is 11.9. The molecule has 2 N–H and O–H groups in total. The van der Waals surface area contributed by atoms with Gasteiger partial charge in [-0.15, -0.1) is 0 Å². The predicted octanol–water partition coefficient (Wildman–Crippen LogP) is 0.794. The molecule has 21 heavy (non-hydrogen) atoms. The highest BCUT2D eigenvalue weighted by atomic mass is 32.2. The molecule has 1 unspecified atom stereocenters. The summed E-state index contributed by atoms with van der Waals surface area (Å²) in [5.74, 6) is 5.34. The molecule has 1 atom stereocenters. The van der Waals surface area contributed by atoms with Crippen LogP contribution in [0.25, 0.3) is 0 Å². The third kappa shape index (κ3) is 4.88. The second-order valence-electron chi connectivity index (χ2n) is 5.06. The van der Waals surface area contributed by atoms with Crippen molar-refractivity contribution in [3.63, 3.8) is 0 Å². The average molecular weight is 307 g/mol. The summed E-state index contributed by atoms with van der Waals surface area (Å²) in [5.41, 5.74) is 1.40. The van der Waals surface area contributed by atoms with E-state index in [-0.39, 0.29) is 36.4 Å². The Morgan fingerprint density at radius 3 is 2.62 bits per heavy atom. The zero-order chi connectivity index (χ0) is 15.3. The summed E-state index contributed by atoms with van der Waals surface area (Å²) in [6.45, 7) is -0.192. The molecule has 0 aromatic heterocycles. The summed E-state index contributed by atoms with van der Waals surface area (Å²) < 4.78 is 22.7. The topological polar surface area (TPSA) is 83.5 Å². The molecule has 0 radical (unpaired) electrons. The van der Waals surface area contributed by atoms with Crippen molar-refractivity contribution in [1.82, 2.24) is 0 Å². The first-order chi connectivity index (χ1) is 9.98. The lowest BCUT2D eigenvalue weighted by Gasteiger charge is -2.08. The standard InChI is InChI=1S/C15H17NO4S/c17-8-1-2-12-3-5-14(6-4-12)16-15(18)10-13-7-9-21(19,20)11-13/h3-6,13,17H,7-11H2,(H,16,18). The van der Waals surface area contributed by atoms with Gasteiger partial charge in [-0.05, 0) is 36.6 Å². The molecule has 0 aliphatic carbocycles. The number of carbonyl (C=O) groups is 1. The first-order valence-electron chi connectivity index (χ1n) is 6.68. The smallest absolute Gasteiger partial charge is 0.224 e. The third-order valence-electron chi connectivity index (χ3n) is 3.28. The molecule has 1 aliphatic rings. The van der Waals surface area contributed by atoms with Crippen molar-refractivity contribution in [2.45, 2.75) is 12.8 Å². The molecular formula is C15H17NO4S. The lowest BCUT2D eigenvalue weighted by atomic mass is 10.0.